The van der Waals surface area contributed by atoms with Crippen molar-refractivity contribution in [1.82, 2.24) is 9.99 Å². The Bertz CT molecular complexity index is 1360. The van der Waals surface area contributed by atoms with Crippen molar-refractivity contribution in [3.63, 3.8) is 0 Å². The van der Waals surface area contributed by atoms with Gasteiger partial charge >= 0.3 is 0 Å². The quantitative estimate of drug-likeness (QED) is 0.662. The Hall–Kier alpha value is -3.15. The van der Waals surface area contributed by atoms with Crippen molar-refractivity contribution in [2.45, 2.75) is 32.7 Å². The summed E-state index contributed by atoms with van der Waals surface area (Å²) in [6, 6.07) is 1.05. The van der Waals surface area contributed by atoms with Crippen LogP contribution in [0.25, 0.3) is 10.8 Å². The van der Waals surface area contributed by atoms with Crippen molar-refractivity contribution in [3.05, 3.63) is 81.4 Å². The highest BCUT2D eigenvalue weighted by molar-refractivity contribution is 6.08. The van der Waals surface area contributed by atoms with E-state index in [1.54, 1.807) is 13.8 Å². The number of nitrogens with zero attached hydrogens (tertiary/aromatic N) is 1. The summed E-state index contributed by atoms with van der Waals surface area (Å²) >= 11 is 0. The lowest BCUT2D eigenvalue weighted by molar-refractivity contribution is 0.0932. The Kier molecular flexibility index (Phi) is 3.70. The van der Waals surface area contributed by atoms with E-state index in [0.717, 1.165) is 23.6 Å². The number of carbonyl (C=O) groups is 1. The van der Waals surface area contributed by atoms with Crippen molar-refractivity contribution in [2.24, 2.45) is 5.92 Å². The first-order chi connectivity index (χ1) is 16.1. The number of nitrogens with one attached hydrogen (secondary N) is 2. The third-order valence-electron chi connectivity index (χ3n) is 5.15. The zero-order valence-electron chi connectivity index (χ0n) is 21.1. The van der Waals surface area contributed by atoms with E-state index < -0.39 is 41.5 Å². The highest BCUT2D eigenvalue weighted by Crippen LogP contribution is 2.41. The maximum absolute atomic E-state index is 14.7. The molecular formula is C23H24FN3O2. The van der Waals surface area contributed by atoms with Crippen molar-refractivity contribution in [1.29, 1.82) is 0 Å². The van der Waals surface area contributed by atoms with Gasteiger partial charge in [-0.15, -0.1) is 0 Å². The van der Waals surface area contributed by atoms with Crippen LogP contribution in [0.5, 0.6) is 0 Å². The van der Waals surface area contributed by atoms with Crippen LogP contribution in [0.15, 0.2) is 53.2 Å². The molecule has 3 aromatic rings. The summed E-state index contributed by atoms with van der Waals surface area (Å²) in [7, 11) is 0. The molecule has 0 saturated heterocycles. The van der Waals surface area contributed by atoms with Crippen LogP contribution in [0.3, 0.4) is 0 Å². The van der Waals surface area contributed by atoms with E-state index in [2.05, 4.69) is 10.7 Å². The number of rotatable bonds is 6. The number of carbonyl (C=O) groups excluding carboxylic acids is 1. The summed E-state index contributed by atoms with van der Waals surface area (Å²) in [6.07, 6.45) is 1.44. The molecule has 6 heteroatoms. The molecule has 1 atom stereocenters. The maximum atomic E-state index is 14.7. The van der Waals surface area contributed by atoms with Gasteiger partial charge in [0.1, 0.15) is 5.82 Å². The number of hydrogen-bond donors (Lipinski definition) is 2. The Labute approximate surface area is 175 Å². The smallest absolute Gasteiger partial charge is 0.279 e. The molecule has 0 aliphatic heterocycles. The van der Waals surface area contributed by atoms with Crippen LogP contribution in [0.4, 0.5) is 4.39 Å². The standard InChI is InChI=1S/C23H24FN3O2/c1-3-25-27-14(2)19(17-10-7-11-18(24)20(17)23(27)29)22(28)26-21(16-12-13-16)15-8-5-4-6-9-15/h4-11,16,21,25H,3,12-13H2,1-2H3,(H,26,28)/t21-/m1/s1/i4D,5D,6D,8D,9D. The van der Waals surface area contributed by atoms with Gasteiger partial charge in [-0.25, -0.2) is 9.07 Å². The monoisotopic (exact) mass is 398 g/mol. The largest absolute Gasteiger partial charge is 0.345 e. The van der Waals surface area contributed by atoms with Gasteiger partial charge in [-0.3, -0.25) is 9.59 Å². The Balaban J connectivity index is 1.88. The van der Waals surface area contributed by atoms with Gasteiger partial charge in [-0.1, -0.05) is 42.3 Å². The van der Waals surface area contributed by atoms with Gasteiger partial charge in [0.25, 0.3) is 11.5 Å². The van der Waals surface area contributed by atoms with Gasteiger partial charge in [-0.05, 0) is 44.2 Å². The van der Waals surface area contributed by atoms with Crippen molar-refractivity contribution >= 4 is 16.7 Å². The highest BCUT2D eigenvalue weighted by atomic mass is 19.1. The number of hydrogen-bond acceptors (Lipinski definition) is 3. The minimum atomic E-state index is -0.830. The average molecular weight is 398 g/mol. The van der Waals surface area contributed by atoms with E-state index in [-0.39, 0.29) is 45.6 Å². The Morgan fingerprint density at radius 2 is 2.03 bits per heavy atom. The third-order valence-corrected chi connectivity index (χ3v) is 5.15. The molecule has 5 nitrogen and oxygen atoms in total. The minimum absolute atomic E-state index is 0.0231. The molecule has 1 fully saturated rings. The van der Waals surface area contributed by atoms with E-state index in [1.165, 1.54) is 12.1 Å². The maximum Gasteiger partial charge on any atom is 0.279 e. The predicted octanol–water partition coefficient (Wildman–Crippen LogP) is 3.89. The first-order valence-electron chi connectivity index (χ1n) is 12.0. The van der Waals surface area contributed by atoms with E-state index in [1.807, 2.05) is 0 Å². The summed E-state index contributed by atoms with van der Waals surface area (Å²) in [6.45, 7) is 3.69. The summed E-state index contributed by atoms with van der Waals surface area (Å²) in [4.78, 5) is 26.5. The van der Waals surface area contributed by atoms with Crippen LogP contribution in [0.2, 0.25) is 0 Å². The van der Waals surface area contributed by atoms with Gasteiger partial charge in [-0.2, -0.15) is 0 Å². The number of aromatic nitrogens is 1. The van der Waals surface area contributed by atoms with Gasteiger partial charge in [0.2, 0.25) is 0 Å². The van der Waals surface area contributed by atoms with Crippen LogP contribution in [0, 0.1) is 18.7 Å². The Morgan fingerprint density at radius 1 is 1.31 bits per heavy atom. The van der Waals surface area contributed by atoms with E-state index >= 15 is 0 Å². The number of halogens is 1. The molecule has 0 radical (unpaired) electrons. The molecule has 2 aromatic carbocycles. The molecule has 1 aromatic heterocycles. The lowest BCUT2D eigenvalue weighted by atomic mass is 9.99. The van der Waals surface area contributed by atoms with Gasteiger partial charge < -0.3 is 10.7 Å². The topological polar surface area (TPSA) is 63.1 Å². The first-order valence-corrected chi connectivity index (χ1v) is 9.55. The molecule has 1 saturated carbocycles. The van der Waals surface area contributed by atoms with Crippen molar-refractivity contribution < 1.29 is 16.0 Å². The fourth-order valence-corrected chi connectivity index (χ4v) is 3.64. The number of benzene rings is 2. The summed E-state index contributed by atoms with van der Waals surface area (Å²) in [5.74, 6) is -1.48. The minimum Gasteiger partial charge on any atom is -0.345 e. The van der Waals surface area contributed by atoms with E-state index in [4.69, 9.17) is 6.85 Å². The van der Waals surface area contributed by atoms with Crippen LogP contribution < -0.4 is 16.3 Å². The second kappa shape index (κ2) is 7.70. The second-order valence-corrected chi connectivity index (χ2v) is 7.10. The molecule has 1 amide bonds. The van der Waals surface area contributed by atoms with Crippen molar-refractivity contribution in [2.75, 3.05) is 12.0 Å². The molecule has 150 valence electrons. The lowest BCUT2D eigenvalue weighted by Crippen LogP contribution is -2.36. The lowest BCUT2D eigenvalue weighted by Gasteiger charge is -2.22. The zero-order valence-corrected chi connectivity index (χ0v) is 16.1. The summed E-state index contributed by atoms with van der Waals surface area (Å²) < 4.78 is 56.3. The fourth-order valence-electron chi connectivity index (χ4n) is 3.64. The SMILES string of the molecule is [2H]c1c([2H])c([2H])c([C@@H](NC(=O)c2c(C)n(NCC)c(=O)c3c(F)cccc23)C2CC2)c([2H])c1[2H]. The van der Waals surface area contributed by atoms with Crippen LogP contribution in [-0.4, -0.2) is 17.1 Å². The molecule has 0 spiro atoms. The zero-order chi connectivity index (χ0) is 24.9. The molecule has 4 rings (SSSR count). The molecule has 2 N–H and O–H groups in total. The highest BCUT2D eigenvalue weighted by Gasteiger charge is 2.34. The van der Waals surface area contributed by atoms with E-state index in [0.29, 0.717) is 6.54 Å². The van der Waals surface area contributed by atoms with E-state index in [9.17, 15) is 14.0 Å². The molecular weight excluding hydrogens is 369 g/mol. The van der Waals surface area contributed by atoms with Gasteiger partial charge in [0.05, 0.1) is 29.5 Å². The Morgan fingerprint density at radius 3 is 2.69 bits per heavy atom. The second-order valence-electron chi connectivity index (χ2n) is 7.10. The molecule has 1 aliphatic rings. The molecule has 0 unspecified atom stereocenters. The van der Waals surface area contributed by atoms with Crippen LogP contribution >= 0.6 is 0 Å². The van der Waals surface area contributed by atoms with Crippen LogP contribution in [-0.2, 0) is 0 Å². The number of pyridine rings is 1. The van der Waals surface area contributed by atoms with Crippen molar-refractivity contribution in [3.8, 4) is 0 Å². The number of amides is 1. The molecule has 1 heterocycles. The van der Waals surface area contributed by atoms with Gasteiger partial charge in [0, 0.05) is 11.9 Å². The predicted molar refractivity (Wildman–Crippen MR) is 112 cm³/mol. The van der Waals surface area contributed by atoms with Gasteiger partial charge in [0.15, 0.2) is 0 Å². The first kappa shape index (κ1) is 13.9. The normalized spacial score (nSPS) is 17.0. The summed E-state index contributed by atoms with van der Waals surface area (Å²) in [5, 5.41) is 2.75. The third kappa shape index (κ3) is 3.50. The number of fused-ring (bicyclic) bond motifs is 1. The van der Waals surface area contributed by atoms with Crippen LogP contribution in [0.1, 0.15) is 54.3 Å². The summed E-state index contributed by atoms with van der Waals surface area (Å²) in [5.41, 5.74) is 2.60. The fraction of sp³-hybridized carbons (Fsp3) is 0.304. The molecule has 29 heavy (non-hydrogen) atoms. The molecule has 0 bridgehead atoms. The molecule has 1 aliphatic carbocycles. The average Bonchev–Trinajstić information content (AvgIpc) is 3.64.